The average Bonchev–Trinajstić information content (AvgIpc) is 2.67. The zero-order chi connectivity index (χ0) is 19.2. The Morgan fingerprint density at radius 2 is 1.81 bits per heavy atom. The third-order valence-corrected chi connectivity index (χ3v) is 4.54. The molecule has 7 heteroatoms. The molecule has 1 aliphatic rings. The van der Waals surface area contributed by atoms with Gasteiger partial charge in [-0.3, -0.25) is 0 Å². The van der Waals surface area contributed by atoms with Gasteiger partial charge in [0.25, 0.3) is 0 Å². The van der Waals surface area contributed by atoms with E-state index in [0.717, 1.165) is 5.56 Å². The number of likely N-dealkylation sites (tertiary alicyclic amines) is 1. The lowest BCUT2D eigenvalue weighted by Crippen LogP contribution is -2.43. The smallest absolute Gasteiger partial charge is 0.410 e. The Morgan fingerprint density at radius 3 is 2.48 bits per heavy atom. The third kappa shape index (κ3) is 5.23. The zero-order valence-electron chi connectivity index (χ0n) is 14.6. The minimum Gasteiger partial charge on any atom is -0.445 e. The number of hydrogen-bond acceptors (Lipinski definition) is 3. The van der Waals surface area contributed by atoms with Gasteiger partial charge in [0.15, 0.2) is 0 Å². The molecule has 1 saturated heterocycles. The Labute approximate surface area is 155 Å². The maximum absolute atomic E-state index is 13.2. The van der Waals surface area contributed by atoms with E-state index < -0.39 is 30.7 Å². The standard InChI is InChI=1S/C20H20F3NO3/c21-16-8-6-15(7-9-16)18-12-17(27-19(22)23)10-11-24(18)20(25)26-13-14-4-2-1-3-5-14/h1-9,17-19H,10-13H2/t17-,18+/m1/s1. The largest absolute Gasteiger partial charge is 0.445 e. The van der Waals surface area contributed by atoms with Gasteiger partial charge < -0.3 is 14.4 Å². The van der Waals surface area contributed by atoms with Gasteiger partial charge in [-0.2, -0.15) is 8.78 Å². The van der Waals surface area contributed by atoms with Gasteiger partial charge in [0.2, 0.25) is 0 Å². The van der Waals surface area contributed by atoms with E-state index in [1.54, 1.807) is 12.1 Å². The first-order valence-electron chi connectivity index (χ1n) is 8.69. The van der Waals surface area contributed by atoms with E-state index in [9.17, 15) is 18.0 Å². The molecule has 3 rings (SSSR count). The van der Waals surface area contributed by atoms with Crippen LogP contribution in [-0.2, 0) is 16.1 Å². The van der Waals surface area contributed by atoms with Crippen LogP contribution < -0.4 is 0 Å². The van der Waals surface area contributed by atoms with E-state index in [1.165, 1.54) is 17.0 Å². The maximum Gasteiger partial charge on any atom is 0.410 e. The van der Waals surface area contributed by atoms with Crippen LogP contribution in [-0.4, -0.2) is 30.3 Å². The van der Waals surface area contributed by atoms with Gasteiger partial charge in [0.1, 0.15) is 12.4 Å². The molecule has 1 amide bonds. The van der Waals surface area contributed by atoms with Crippen molar-refractivity contribution in [3.05, 3.63) is 71.5 Å². The van der Waals surface area contributed by atoms with Gasteiger partial charge in [-0.05, 0) is 36.1 Å². The highest BCUT2D eigenvalue weighted by atomic mass is 19.3. The lowest BCUT2D eigenvalue weighted by molar-refractivity contribution is -0.176. The van der Waals surface area contributed by atoms with E-state index in [2.05, 4.69) is 4.74 Å². The number of hydrogen-bond donors (Lipinski definition) is 0. The molecule has 0 bridgehead atoms. The number of carbonyl (C=O) groups is 1. The summed E-state index contributed by atoms with van der Waals surface area (Å²) in [5, 5.41) is 0. The van der Waals surface area contributed by atoms with E-state index in [0.29, 0.717) is 5.56 Å². The summed E-state index contributed by atoms with van der Waals surface area (Å²) in [6.07, 6.45) is -0.749. The quantitative estimate of drug-likeness (QED) is 0.741. The molecule has 4 nitrogen and oxygen atoms in total. The van der Waals surface area contributed by atoms with Crippen LogP contribution in [0.5, 0.6) is 0 Å². The normalized spacial score (nSPS) is 19.9. The summed E-state index contributed by atoms with van der Waals surface area (Å²) in [5.74, 6) is -0.409. The van der Waals surface area contributed by atoms with Crippen molar-refractivity contribution in [3.63, 3.8) is 0 Å². The highest BCUT2D eigenvalue weighted by molar-refractivity contribution is 5.68. The summed E-state index contributed by atoms with van der Waals surface area (Å²) in [6.45, 7) is -2.54. The second-order valence-electron chi connectivity index (χ2n) is 6.34. The number of amides is 1. The second-order valence-corrected chi connectivity index (χ2v) is 6.34. The second kappa shape index (κ2) is 8.90. The molecule has 2 atom stereocenters. The van der Waals surface area contributed by atoms with Crippen LogP contribution >= 0.6 is 0 Å². The predicted octanol–water partition coefficient (Wildman–Crippen LogP) is 4.91. The monoisotopic (exact) mass is 379 g/mol. The Kier molecular flexibility index (Phi) is 6.34. The summed E-state index contributed by atoms with van der Waals surface area (Å²) < 4.78 is 48.4. The van der Waals surface area contributed by atoms with Gasteiger partial charge in [0, 0.05) is 6.54 Å². The van der Waals surface area contributed by atoms with Crippen molar-refractivity contribution in [3.8, 4) is 0 Å². The minimum absolute atomic E-state index is 0.114. The molecule has 27 heavy (non-hydrogen) atoms. The Morgan fingerprint density at radius 1 is 1.11 bits per heavy atom. The first kappa shape index (κ1) is 19.2. The number of piperidine rings is 1. The van der Waals surface area contributed by atoms with Crippen molar-refractivity contribution >= 4 is 6.09 Å². The average molecular weight is 379 g/mol. The third-order valence-electron chi connectivity index (χ3n) is 4.54. The van der Waals surface area contributed by atoms with Crippen molar-refractivity contribution in [1.29, 1.82) is 0 Å². The van der Waals surface area contributed by atoms with Crippen molar-refractivity contribution in [1.82, 2.24) is 4.90 Å². The lowest BCUT2D eigenvalue weighted by Gasteiger charge is -2.38. The molecule has 0 saturated carbocycles. The highest BCUT2D eigenvalue weighted by Gasteiger charge is 2.35. The SMILES string of the molecule is O=C(OCc1ccccc1)N1CC[C@@H](OC(F)F)C[C@H]1c1ccc(F)cc1. The van der Waals surface area contributed by atoms with Crippen molar-refractivity contribution in [2.45, 2.75) is 38.2 Å². The molecular weight excluding hydrogens is 359 g/mol. The molecule has 2 aromatic carbocycles. The van der Waals surface area contributed by atoms with Crippen LogP contribution in [0.1, 0.15) is 30.0 Å². The number of carbonyl (C=O) groups excluding carboxylic acids is 1. The van der Waals surface area contributed by atoms with Gasteiger partial charge in [0.05, 0.1) is 12.1 Å². The van der Waals surface area contributed by atoms with Crippen LogP contribution in [0.15, 0.2) is 54.6 Å². The van der Waals surface area contributed by atoms with Crippen LogP contribution in [0, 0.1) is 5.82 Å². The maximum atomic E-state index is 13.2. The van der Waals surface area contributed by atoms with E-state index in [4.69, 9.17) is 4.74 Å². The van der Waals surface area contributed by atoms with Crippen LogP contribution in [0.3, 0.4) is 0 Å². The molecule has 2 aromatic rings. The number of rotatable bonds is 5. The number of ether oxygens (including phenoxy) is 2. The lowest BCUT2D eigenvalue weighted by atomic mass is 9.93. The van der Waals surface area contributed by atoms with E-state index in [-0.39, 0.29) is 26.0 Å². The fourth-order valence-electron chi connectivity index (χ4n) is 3.22. The molecule has 0 unspecified atom stereocenters. The molecule has 1 fully saturated rings. The van der Waals surface area contributed by atoms with Crippen molar-refractivity contribution in [2.75, 3.05) is 6.54 Å². The van der Waals surface area contributed by atoms with Gasteiger partial charge in [-0.25, -0.2) is 9.18 Å². The van der Waals surface area contributed by atoms with Crippen LogP contribution in [0.2, 0.25) is 0 Å². The molecule has 144 valence electrons. The number of nitrogens with zero attached hydrogens (tertiary/aromatic N) is 1. The molecule has 1 heterocycles. The Balaban J connectivity index is 1.72. The first-order chi connectivity index (χ1) is 13.0. The molecule has 0 aromatic heterocycles. The summed E-state index contributed by atoms with van der Waals surface area (Å²) in [7, 11) is 0. The molecule has 1 aliphatic heterocycles. The molecule has 0 spiro atoms. The first-order valence-corrected chi connectivity index (χ1v) is 8.69. The Hall–Kier alpha value is -2.54. The van der Waals surface area contributed by atoms with Crippen LogP contribution in [0.4, 0.5) is 18.0 Å². The molecule has 0 radical (unpaired) electrons. The van der Waals surface area contributed by atoms with Gasteiger partial charge in [-0.1, -0.05) is 42.5 Å². The van der Waals surface area contributed by atoms with E-state index in [1.807, 2.05) is 30.3 Å². The fourth-order valence-corrected chi connectivity index (χ4v) is 3.22. The summed E-state index contributed by atoms with van der Waals surface area (Å²) in [5.41, 5.74) is 1.50. The topological polar surface area (TPSA) is 38.8 Å². The Bertz CT molecular complexity index is 740. The molecule has 0 aliphatic carbocycles. The highest BCUT2D eigenvalue weighted by Crippen LogP contribution is 2.33. The minimum atomic E-state index is -2.87. The summed E-state index contributed by atoms with van der Waals surface area (Å²) >= 11 is 0. The molecular formula is C20H20F3NO3. The summed E-state index contributed by atoms with van der Waals surface area (Å²) in [6, 6.07) is 14.4. The fraction of sp³-hybridized carbons (Fsp3) is 0.350. The number of benzene rings is 2. The number of halogens is 3. The van der Waals surface area contributed by atoms with Gasteiger partial charge in [-0.15, -0.1) is 0 Å². The van der Waals surface area contributed by atoms with E-state index >= 15 is 0 Å². The summed E-state index contributed by atoms with van der Waals surface area (Å²) in [4.78, 5) is 14.1. The van der Waals surface area contributed by atoms with Crippen LogP contribution in [0.25, 0.3) is 0 Å². The van der Waals surface area contributed by atoms with Gasteiger partial charge >= 0.3 is 12.7 Å². The van der Waals surface area contributed by atoms with Crippen molar-refractivity contribution < 1.29 is 27.4 Å². The zero-order valence-corrected chi connectivity index (χ0v) is 14.6. The number of alkyl halides is 2. The molecule has 0 N–H and O–H groups in total. The van der Waals surface area contributed by atoms with Crippen molar-refractivity contribution in [2.24, 2.45) is 0 Å². The predicted molar refractivity (Wildman–Crippen MR) is 92.6 cm³/mol.